The van der Waals surface area contributed by atoms with E-state index in [1.54, 1.807) is 0 Å². The lowest BCUT2D eigenvalue weighted by molar-refractivity contribution is 0.0855. The molecule has 6 N–H and O–H groups in total. The number of aliphatic hydroxyl groups is 4. The van der Waals surface area contributed by atoms with Crippen LogP contribution in [0.3, 0.4) is 0 Å². The summed E-state index contributed by atoms with van der Waals surface area (Å²) in [5.41, 5.74) is -1.36. The standard InChI is InChI=1S/C30H40N4O12/c35-5-13-43-9-1-31-21-17-19-24-23-20(28(40)33(29(41)25(21)23)3-11-45-15-7-37)18-22(32-2-10-44-14-6-36)26(24)30(42)34(27(19)39)4-12-46-16-8-38/h17-18,31,35-39H,1-16H2. The molecular formula is C30H40N4O12. The average Bonchev–Trinajstić information content (AvgIpc) is 3.05. The van der Waals surface area contributed by atoms with Crippen molar-refractivity contribution in [1.82, 2.24) is 9.13 Å². The van der Waals surface area contributed by atoms with Gasteiger partial charge in [-0.2, -0.15) is 0 Å². The van der Waals surface area contributed by atoms with E-state index in [4.69, 9.17) is 39.4 Å². The molecule has 2 aromatic rings. The maximum atomic E-state index is 14.0. The minimum absolute atomic E-state index is 0.00403. The number of aromatic nitrogens is 2. The Bertz CT molecular complexity index is 1770. The van der Waals surface area contributed by atoms with Crippen molar-refractivity contribution in [2.45, 2.75) is 13.1 Å². The van der Waals surface area contributed by atoms with Gasteiger partial charge in [0.15, 0.2) is 0 Å². The molecule has 0 atom stereocenters. The summed E-state index contributed by atoms with van der Waals surface area (Å²) in [6, 6.07) is 2.98. The van der Waals surface area contributed by atoms with Crippen molar-refractivity contribution in [3.05, 3.63) is 48.6 Å². The van der Waals surface area contributed by atoms with Gasteiger partial charge in [-0.1, -0.05) is 0 Å². The van der Waals surface area contributed by atoms with E-state index in [9.17, 15) is 19.5 Å². The van der Waals surface area contributed by atoms with Crippen LogP contribution in [0, 0.1) is 0 Å². The number of anilines is 1. The predicted octanol–water partition coefficient (Wildman–Crippen LogP) is -2.29. The minimum atomic E-state index is -0.647. The van der Waals surface area contributed by atoms with Crippen LogP contribution in [0.1, 0.15) is 0 Å². The van der Waals surface area contributed by atoms with Crippen LogP contribution in [0.5, 0.6) is 5.88 Å². The number of hydrogen-bond donors (Lipinski definition) is 6. The molecule has 1 aliphatic heterocycles. The lowest BCUT2D eigenvalue weighted by Gasteiger charge is -2.22. The van der Waals surface area contributed by atoms with Crippen LogP contribution in [0.2, 0.25) is 0 Å². The molecule has 46 heavy (non-hydrogen) atoms. The van der Waals surface area contributed by atoms with Gasteiger partial charge in [-0.05, 0) is 12.1 Å². The number of nitrogens with zero attached hydrogens (tertiary/aromatic N) is 3. The Kier molecular flexibility index (Phi) is 13.2. The first-order valence-electron chi connectivity index (χ1n) is 15.0. The lowest BCUT2D eigenvalue weighted by Crippen LogP contribution is -2.38. The number of ether oxygens (including phenoxy) is 4. The van der Waals surface area contributed by atoms with Gasteiger partial charge in [-0.3, -0.25) is 28.5 Å². The highest BCUT2D eigenvalue weighted by Crippen LogP contribution is 2.40. The fourth-order valence-electron chi connectivity index (χ4n) is 5.30. The zero-order chi connectivity index (χ0) is 33.1. The number of aliphatic hydroxyl groups excluding tert-OH is 4. The summed E-state index contributed by atoms with van der Waals surface area (Å²) in [4.78, 5) is 46.4. The Morgan fingerprint density at radius 3 is 1.85 bits per heavy atom. The molecule has 1 aromatic carbocycles. The molecule has 0 saturated heterocycles. The van der Waals surface area contributed by atoms with Crippen LogP contribution in [-0.4, -0.2) is 127 Å². The quantitative estimate of drug-likeness (QED) is 0.0414. The van der Waals surface area contributed by atoms with Crippen molar-refractivity contribution in [3.8, 4) is 17.0 Å². The number of rotatable bonds is 21. The van der Waals surface area contributed by atoms with Crippen LogP contribution in [0.15, 0.2) is 31.5 Å². The molecule has 16 heteroatoms. The van der Waals surface area contributed by atoms with E-state index in [1.807, 2.05) is 0 Å². The Morgan fingerprint density at radius 1 is 0.652 bits per heavy atom. The number of pyridine rings is 2. The third-order valence-corrected chi connectivity index (χ3v) is 7.21. The smallest absolute Gasteiger partial charge is 0.263 e. The van der Waals surface area contributed by atoms with Crippen LogP contribution >= 0.6 is 0 Å². The van der Waals surface area contributed by atoms with Gasteiger partial charge in [0.1, 0.15) is 0 Å². The highest BCUT2D eigenvalue weighted by molar-refractivity contribution is 6.18. The Hall–Kier alpha value is -3.74. The summed E-state index contributed by atoms with van der Waals surface area (Å²) >= 11 is 0. The summed E-state index contributed by atoms with van der Waals surface area (Å²) in [7, 11) is 0. The molecule has 0 saturated carbocycles. The van der Waals surface area contributed by atoms with Crippen LogP contribution < -0.4 is 27.4 Å². The highest BCUT2D eigenvalue weighted by Gasteiger charge is 2.29. The first-order chi connectivity index (χ1) is 22.4. The van der Waals surface area contributed by atoms with Gasteiger partial charge in [-0.15, -0.1) is 0 Å². The summed E-state index contributed by atoms with van der Waals surface area (Å²) in [5, 5.41) is 51.5. The highest BCUT2D eigenvalue weighted by atomic mass is 16.5. The molecule has 0 fully saturated rings. The van der Waals surface area contributed by atoms with Crippen molar-refractivity contribution < 1.29 is 44.5 Å². The fraction of sp³-hybridized carbons (Fsp3) is 0.533. The van der Waals surface area contributed by atoms with E-state index in [1.165, 1.54) is 12.1 Å². The second kappa shape index (κ2) is 17.3. The molecule has 2 aliphatic rings. The van der Waals surface area contributed by atoms with E-state index in [0.717, 1.165) is 9.13 Å². The minimum Gasteiger partial charge on any atom is -0.494 e. The van der Waals surface area contributed by atoms with Crippen molar-refractivity contribution in [2.24, 2.45) is 4.99 Å². The van der Waals surface area contributed by atoms with Gasteiger partial charge in [0.25, 0.3) is 16.7 Å². The summed E-state index contributed by atoms with van der Waals surface area (Å²) < 4.78 is 23.5. The topological polar surface area (TPSA) is 224 Å². The predicted molar refractivity (Wildman–Crippen MR) is 167 cm³/mol. The third kappa shape index (κ3) is 7.62. The number of nitrogens with one attached hydrogen (secondary N) is 1. The van der Waals surface area contributed by atoms with Crippen molar-refractivity contribution in [2.75, 3.05) is 97.7 Å². The molecule has 252 valence electrons. The molecule has 1 aromatic heterocycles. The molecule has 0 spiro atoms. The summed E-state index contributed by atoms with van der Waals surface area (Å²) in [6.07, 6.45) is 0. The molecule has 2 heterocycles. The van der Waals surface area contributed by atoms with E-state index in [2.05, 4.69) is 10.3 Å². The van der Waals surface area contributed by atoms with Crippen molar-refractivity contribution in [3.63, 3.8) is 0 Å². The van der Waals surface area contributed by atoms with Gasteiger partial charge < -0.3 is 49.8 Å². The first-order valence-corrected chi connectivity index (χ1v) is 15.0. The van der Waals surface area contributed by atoms with Gasteiger partial charge in [0.2, 0.25) is 5.88 Å². The van der Waals surface area contributed by atoms with Gasteiger partial charge >= 0.3 is 0 Å². The Balaban J connectivity index is 2.04. The number of aromatic hydroxyl groups is 1. The molecule has 16 nitrogen and oxygen atoms in total. The van der Waals surface area contributed by atoms with E-state index < -0.39 is 22.6 Å². The van der Waals surface area contributed by atoms with E-state index in [-0.39, 0.29) is 149 Å². The average molecular weight is 649 g/mol. The summed E-state index contributed by atoms with van der Waals surface area (Å²) in [6.45, 7) is -0.126. The molecule has 0 radical (unpaired) electrons. The largest absolute Gasteiger partial charge is 0.494 e. The zero-order valence-corrected chi connectivity index (χ0v) is 25.4. The van der Waals surface area contributed by atoms with Gasteiger partial charge in [-0.25, -0.2) is 0 Å². The van der Waals surface area contributed by atoms with Crippen molar-refractivity contribution in [1.29, 1.82) is 0 Å². The number of benzene rings is 2. The SMILES string of the molecule is O=c1c2c(=NCCOCCO)cc3c(=O)n(CCOCCO)c(=O)c4c(NCCOCCO)cc(c(O)n1CCOCCO)c2c4-3. The normalized spacial score (nSPS) is 12.4. The monoisotopic (exact) mass is 648 g/mol. The summed E-state index contributed by atoms with van der Waals surface area (Å²) in [5.74, 6) is -0.412. The lowest BCUT2D eigenvalue weighted by atomic mass is 9.89. The van der Waals surface area contributed by atoms with Gasteiger partial charge in [0.05, 0.1) is 121 Å². The number of hydrogen-bond acceptors (Lipinski definition) is 14. The Labute approximate surface area is 262 Å². The van der Waals surface area contributed by atoms with E-state index >= 15 is 0 Å². The fourth-order valence-corrected chi connectivity index (χ4v) is 5.30. The van der Waals surface area contributed by atoms with Crippen LogP contribution in [0.4, 0.5) is 5.69 Å². The second-order valence-corrected chi connectivity index (χ2v) is 10.1. The van der Waals surface area contributed by atoms with Gasteiger partial charge in [0, 0.05) is 28.6 Å². The van der Waals surface area contributed by atoms with Crippen LogP contribution in [-0.2, 0) is 32.0 Å². The zero-order valence-electron chi connectivity index (χ0n) is 25.4. The molecule has 1 aliphatic carbocycles. The van der Waals surface area contributed by atoms with Crippen molar-refractivity contribution >= 4 is 27.2 Å². The molecule has 0 bridgehead atoms. The van der Waals surface area contributed by atoms with Crippen LogP contribution in [0.25, 0.3) is 32.7 Å². The third-order valence-electron chi connectivity index (χ3n) is 7.21. The molecule has 4 rings (SSSR count). The molecular weight excluding hydrogens is 608 g/mol. The maximum absolute atomic E-state index is 14.0. The first kappa shape index (κ1) is 35.1. The molecule has 0 amide bonds. The van der Waals surface area contributed by atoms with E-state index in [0.29, 0.717) is 0 Å². The Morgan fingerprint density at radius 2 is 1.22 bits per heavy atom. The second-order valence-electron chi connectivity index (χ2n) is 10.1. The maximum Gasteiger partial charge on any atom is 0.263 e. The molecule has 0 unspecified atom stereocenters.